The van der Waals surface area contributed by atoms with Crippen LogP contribution in [0, 0.1) is 6.42 Å². The standard InChI is InChI=1S/C20H26NO2/c1-22-19-11-6-16(7-12-19)5-8-17(4-3-15-21)18-9-13-20(23-2)14-10-18/h4,6-7,9-14,17H,3,5,8,15,21H2,1-2H3. The van der Waals surface area contributed by atoms with Gasteiger partial charge in [0.1, 0.15) is 11.5 Å². The van der Waals surface area contributed by atoms with Crippen molar-refractivity contribution in [3.05, 3.63) is 66.1 Å². The van der Waals surface area contributed by atoms with E-state index in [0.717, 1.165) is 30.8 Å². The smallest absolute Gasteiger partial charge is 0.118 e. The van der Waals surface area contributed by atoms with Crippen molar-refractivity contribution in [1.29, 1.82) is 0 Å². The Morgan fingerprint density at radius 3 is 2.00 bits per heavy atom. The second-order valence-electron chi connectivity index (χ2n) is 5.58. The maximum absolute atomic E-state index is 5.67. The first-order valence-corrected chi connectivity index (χ1v) is 8.07. The van der Waals surface area contributed by atoms with Gasteiger partial charge in [-0.3, -0.25) is 0 Å². The Morgan fingerprint density at radius 1 is 0.913 bits per heavy atom. The number of hydrogen-bond donors (Lipinski definition) is 1. The highest BCUT2D eigenvalue weighted by Gasteiger charge is 2.12. The molecule has 0 heterocycles. The predicted molar refractivity (Wildman–Crippen MR) is 95.0 cm³/mol. The summed E-state index contributed by atoms with van der Waals surface area (Å²) in [5, 5.41) is 0. The molecule has 2 N–H and O–H groups in total. The molecule has 3 heteroatoms. The Kier molecular flexibility index (Phi) is 6.95. The summed E-state index contributed by atoms with van der Waals surface area (Å²) in [6.07, 6.45) is 5.35. The summed E-state index contributed by atoms with van der Waals surface area (Å²) < 4.78 is 10.4. The van der Waals surface area contributed by atoms with Crippen LogP contribution in [0.4, 0.5) is 0 Å². The van der Waals surface area contributed by atoms with Crippen molar-refractivity contribution < 1.29 is 9.47 Å². The van der Waals surface area contributed by atoms with Crippen molar-refractivity contribution in [2.75, 3.05) is 20.8 Å². The number of aryl methyl sites for hydroxylation is 1. The minimum atomic E-state index is 0.409. The van der Waals surface area contributed by atoms with Gasteiger partial charge in [-0.15, -0.1) is 0 Å². The van der Waals surface area contributed by atoms with Gasteiger partial charge in [-0.1, -0.05) is 24.3 Å². The zero-order chi connectivity index (χ0) is 16.5. The minimum absolute atomic E-state index is 0.409. The Labute approximate surface area is 139 Å². The first kappa shape index (κ1) is 17.4. The summed E-state index contributed by atoms with van der Waals surface area (Å²) in [5.41, 5.74) is 8.31. The molecule has 0 fully saturated rings. The van der Waals surface area contributed by atoms with E-state index in [9.17, 15) is 0 Å². The average Bonchev–Trinajstić information content (AvgIpc) is 2.62. The molecule has 0 saturated carbocycles. The predicted octanol–water partition coefficient (Wildman–Crippen LogP) is 3.97. The molecule has 0 bridgehead atoms. The number of methoxy groups -OCH3 is 2. The van der Waals surface area contributed by atoms with Gasteiger partial charge in [-0.05, 0) is 73.5 Å². The van der Waals surface area contributed by atoms with Gasteiger partial charge in [0.05, 0.1) is 14.2 Å². The summed E-state index contributed by atoms with van der Waals surface area (Å²) >= 11 is 0. The molecule has 2 aromatic carbocycles. The van der Waals surface area contributed by atoms with E-state index in [2.05, 4.69) is 30.7 Å². The number of benzene rings is 2. The number of ether oxygens (including phenoxy) is 2. The van der Waals surface area contributed by atoms with E-state index >= 15 is 0 Å². The van der Waals surface area contributed by atoms with Gasteiger partial charge in [0.2, 0.25) is 0 Å². The molecular weight excluding hydrogens is 286 g/mol. The second-order valence-corrected chi connectivity index (χ2v) is 5.58. The molecule has 123 valence electrons. The van der Waals surface area contributed by atoms with Gasteiger partial charge in [0.25, 0.3) is 0 Å². The highest BCUT2D eigenvalue weighted by molar-refractivity contribution is 5.31. The lowest BCUT2D eigenvalue weighted by Crippen LogP contribution is -2.06. The molecule has 3 nitrogen and oxygen atoms in total. The van der Waals surface area contributed by atoms with Crippen LogP contribution in [0.25, 0.3) is 0 Å². The van der Waals surface area contributed by atoms with E-state index in [1.165, 1.54) is 11.1 Å². The van der Waals surface area contributed by atoms with Gasteiger partial charge in [0.15, 0.2) is 0 Å². The molecule has 23 heavy (non-hydrogen) atoms. The van der Waals surface area contributed by atoms with E-state index in [1.807, 2.05) is 24.3 Å². The van der Waals surface area contributed by atoms with Crippen LogP contribution in [0.5, 0.6) is 11.5 Å². The number of nitrogens with two attached hydrogens (primary N) is 1. The normalized spacial score (nSPS) is 12.0. The van der Waals surface area contributed by atoms with Crippen LogP contribution in [0.1, 0.15) is 29.9 Å². The summed E-state index contributed by atoms with van der Waals surface area (Å²) in [4.78, 5) is 0. The molecule has 1 radical (unpaired) electrons. The largest absolute Gasteiger partial charge is 0.497 e. The molecule has 1 atom stereocenters. The Bertz CT molecular complexity index is 563. The molecule has 0 aromatic heterocycles. The topological polar surface area (TPSA) is 44.5 Å². The molecule has 0 spiro atoms. The van der Waals surface area contributed by atoms with E-state index in [1.54, 1.807) is 14.2 Å². The summed E-state index contributed by atoms with van der Waals surface area (Å²) in [6.45, 7) is 0.690. The van der Waals surface area contributed by atoms with Gasteiger partial charge >= 0.3 is 0 Å². The van der Waals surface area contributed by atoms with Crippen LogP contribution in [0.3, 0.4) is 0 Å². The number of hydrogen-bond acceptors (Lipinski definition) is 3. The van der Waals surface area contributed by atoms with Crippen molar-refractivity contribution in [2.24, 2.45) is 5.73 Å². The van der Waals surface area contributed by atoms with Gasteiger partial charge in [-0.2, -0.15) is 0 Å². The van der Waals surface area contributed by atoms with E-state index in [0.29, 0.717) is 12.5 Å². The fourth-order valence-electron chi connectivity index (χ4n) is 2.68. The van der Waals surface area contributed by atoms with Gasteiger partial charge in [0, 0.05) is 0 Å². The zero-order valence-electron chi connectivity index (χ0n) is 14.0. The van der Waals surface area contributed by atoms with Gasteiger partial charge < -0.3 is 15.2 Å². The molecule has 0 amide bonds. The molecule has 0 aliphatic heterocycles. The van der Waals surface area contributed by atoms with Crippen LogP contribution in [-0.2, 0) is 6.42 Å². The van der Waals surface area contributed by atoms with Crippen LogP contribution < -0.4 is 15.2 Å². The molecule has 2 aromatic rings. The molecule has 0 aliphatic carbocycles. The summed E-state index contributed by atoms with van der Waals surface area (Å²) in [6, 6.07) is 16.6. The van der Waals surface area contributed by atoms with Crippen molar-refractivity contribution in [2.45, 2.75) is 25.2 Å². The molecule has 0 aliphatic rings. The third kappa shape index (κ3) is 5.29. The molecule has 2 rings (SSSR count). The zero-order valence-corrected chi connectivity index (χ0v) is 14.0. The van der Waals surface area contributed by atoms with Crippen LogP contribution in [-0.4, -0.2) is 20.8 Å². The first-order valence-electron chi connectivity index (χ1n) is 8.07. The molecule has 0 saturated heterocycles. The maximum atomic E-state index is 5.67. The van der Waals surface area contributed by atoms with E-state index < -0.39 is 0 Å². The fourth-order valence-corrected chi connectivity index (χ4v) is 2.68. The van der Waals surface area contributed by atoms with Crippen molar-refractivity contribution in [3.8, 4) is 11.5 Å². The highest BCUT2D eigenvalue weighted by Crippen LogP contribution is 2.27. The molecular formula is C20H26NO2. The van der Waals surface area contributed by atoms with Crippen LogP contribution >= 0.6 is 0 Å². The highest BCUT2D eigenvalue weighted by atomic mass is 16.5. The third-order valence-electron chi connectivity index (χ3n) is 4.06. The summed E-state index contributed by atoms with van der Waals surface area (Å²) in [5.74, 6) is 2.20. The van der Waals surface area contributed by atoms with Gasteiger partial charge in [-0.25, -0.2) is 0 Å². The Balaban J connectivity index is 2.01. The van der Waals surface area contributed by atoms with Crippen molar-refractivity contribution in [1.82, 2.24) is 0 Å². The lowest BCUT2D eigenvalue weighted by Gasteiger charge is -2.17. The quantitative estimate of drug-likeness (QED) is 0.762. The Hall–Kier alpha value is -2.00. The van der Waals surface area contributed by atoms with E-state index in [-0.39, 0.29) is 0 Å². The minimum Gasteiger partial charge on any atom is -0.497 e. The second kappa shape index (κ2) is 9.21. The SMILES string of the molecule is COc1ccc(CCC([CH]CCN)c2ccc(OC)cc2)cc1. The average molecular weight is 312 g/mol. The van der Waals surface area contributed by atoms with Crippen LogP contribution in [0.15, 0.2) is 48.5 Å². The first-order chi connectivity index (χ1) is 11.3. The number of rotatable bonds is 9. The summed E-state index contributed by atoms with van der Waals surface area (Å²) in [7, 11) is 3.38. The van der Waals surface area contributed by atoms with E-state index in [4.69, 9.17) is 15.2 Å². The van der Waals surface area contributed by atoms with Crippen molar-refractivity contribution in [3.63, 3.8) is 0 Å². The Morgan fingerprint density at radius 2 is 1.48 bits per heavy atom. The molecule has 1 unspecified atom stereocenters. The lowest BCUT2D eigenvalue weighted by atomic mass is 9.88. The lowest BCUT2D eigenvalue weighted by molar-refractivity contribution is 0.414. The maximum Gasteiger partial charge on any atom is 0.118 e. The third-order valence-corrected chi connectivity index (χ3v) is 4.06. The fraction of sp³-hybridized carbons (Fsp3) is 0.350. The van der Waals surface area contributed by atoms with Crippen LogP contribution in [0.2, 0.25) is 0 Å². The monoisotopic (exact) mass is 312 g/mol. The van der Waals surface area contributed by atoms with Crippen molar-refractivity contribution >= 4 is 0 Å².